The van der Waals surface area contributed by atoms with E-state index in [2.05, 4.69) is 66.3 Å². The minimum atomic E-state index is 0.0254. The number of rotatable bonds is 4. The van der Waals surface area contributed by atoms with Crippen molar-refractivity contribution >= 4 is 5.69 Å². The van der Waals surface area contributed by atoms with Gasteiger partial charge < -0.3 is 5.32 Å². The maximum atomic E-state index is 4.48. The number of anilines is 1. The van der Waals surface area contributed by atoms with Gasteiger partial charge >= 0.3 is 0 Å². The van der Waals surface area contributed by atoms with E-state index in [4.69, 9.17) is 0 Å². The zero-order chi connectivity index (χ0) is 17.2. The standard InChI is InChI=1S/C19H29N5/c1-15-12-23(13-16-7-5-6-9-20-16)10-8-18(15)22-17-11-21-24(14-17)19(2,3)4/h5-7,9,11,14-15,18,22H,8,10,12-13H2,1-4H3/t15-,18+/m1/s1. The summed E-state index contributed by atoms with van der Waals surface area (Å²) in [5.41, 5.74) is 2.31. The minimum Gasteiger partial charge on any atom is -0.379 e. The first-order chi connectivity index (χ1) is 11.4. The molecule has 3 rings (SSSR count). The van der Waals surface area contributed by atoms with Crippen LogP contribution in [0.4, 0.5) is 5.69 Å². The van der Waals surface area contributed by atoms with Crippen LogP contribution in [0.25, 0.3) is 0 Å². The van der Waals surface area contributed by atoms with Crippen LogP contribution in [0.15, 0.2) is 36.8 Å². The average molecular weight is 327 g/mol. The summed E-state index contributed by atoms with van der Waals surface area (Å²) < 4.78 is 2.02. The Balaban J connectivity index is 1.55. The van der Waals surface area contributed by atoms with Crippen LogP contribution in [0, 0.1) is 5.92 Å². The molecule has 2 aromatic heterocycles. The molecule has 5 nitrogen and oxygen atoms in total. The number of nitrogens with one attached hydrogen (secondary N) is 1. The Morgan fingerprint density at radius 3 is 2.75 bits per heavy atom. The Kier molecular flexibility index (Phi) is 4.90. The molecule has 2 atom stereocenters. The quantitative estimate of drug-likeness (QED) is 0.935. The van der Waals surface area contributed by atoms with Crippen LogP contribution in [0.5, 0.6) is 0 Å². The first kappa shape index (κ1) is 17.0. The van der Waals surface area contributed by atoms with Gasteiger partial charge in [0.15, 0.2) is 0 Å². The van der Waals surface area contributed by atoms with Gasteiger partial charge in [0, 0.05) is 38.1 Å². The molecule has 0 bridgehead atoms. The fraction of sp³-hybridized carbons (Fsp3) is 0.579. The Morgan fingerprint density at radius 2 is 2.12 bits per heavy atom. The summed E-state index contributed by atoms with van der Waals surface area (Å²) in [7, 11) is 0. The number of hydrogen-bond acceptors (Lipinski definition) is 4. The SMILES string of the molecule is C[C@@H]1CN(Cc2ccccn2)CC[C@@H]1Nc1cnn(C(C)(C)C)c1. The van der Waals surface area contributed by atoms with Crippen molar-refractivity contribution in [3.8, 4) is 0 Å². The molecule has 3 heterocycles. The molecule has 5 heteroatoms. The lowest BCUT2D eigenvalue weighted by Gasteiger charge is -2.37. The van der Waals surface area contributed by atoms with E-state index < -0.39 is 0 Å². The van der Waals surface area contributed by atoms with Crippen molar-refractivity contribution in [3.05, 3.63) is 42.5 Å². The van der Waals surface area contributed by atoms with E-state index in [0.29, 0.717) is 12.0 Å². The average Bonchev–Trinajstić information content (AvgIpc) is 3.00. The molecular weight excluding hydrogens is 298 g/mol. The first-order valence-corrected chi connectivity index (χ1v) is 8.86. The smallest absolute Gasteiger partial charge is 0.0729 e. The van der Waals surface area contributed by atoms with Gasteiger partial charge in [-0.15, -0.1) is 0 Å². The van der Waals surface area contributed by atoms with Gasteiger partial charge in [0.05, 0.1) is 23.1 Å². The highest BCUT2D eigenvalue weighted by atomic mass is 15.3. The van der Waals surface area contributed by atoms with Gasteiger partial charge in [-0.3, -0.25) is 14.6 Å². The van der Waals surface area contributed by atoms with Crippen LogP contribution in [-0.4, -0.2) is 38.8 Å². The van der Waals surface area contributed by atoms with Crippen molar-refractivity contribution in [2.45, 2.75) is 52.2 Å². The zero-order valence-electron chi connectivity index (χ0n) is 15.2. The van der Waals surface area contributed by atoms with Crippen molar-refractivity contribution in [2.75, 3.05) is 18.4 Å². The van der Waals surface area contributed by atoms with Gasteiger partial charge in [-0.2, -0.15) is 5.10 Å². The molecule has 1 fully saturated rings. The van der Waals surface area contributed by atoms with E-state index in [9.17, 15) is 0 Å². The lowest BCUT2D eigenvalue weighted by Crippen LogP contribution is -2.44. The Hall–Kier alpha value is -1.88. The second kappa shape index (κ2) is 6.93. The van der Waals surface area contributed by atoms with Gasteiger partial charge in [0.2, 0.25) is 0 Å². The molecule has 0 radical (unpaired) electrons. The largest absolute Gasteiger partial charge is 0.379 e. The summed E-state index contributed by atoms with van der Waals surface area (Å²) in [6.45, 7) is 12.0. The summed E-state index contributed by atoms with van der Waals surface area (Å²) >= 11 is 0. The highest BCUT2D eigenvalue weighted by Gasteiger charge is 2.26. The molecule has 0 aliphatic carbocycles. The molecule has 0 unspecified atom stereocenters. The highest BCUT2D eigenvalue weighted by Crippen LogP contribution is 2.23. The summed E-state index contributed by atoms with van der Waals surface area (Å²) in [4.78, 5) is 6.95. The molecular formula is C19H29N5. The van der Waals surface area contributed by atoms with Crippen LogP contribution in [0.1, 0.15) is 39.8 Å². The summed E-state index contributed by atoms with van der Waals surface area (Å²) in [5, 5.41) is 8.17. The second-order valence-electron chi connectivity index (χ2n) is 7.92. The monoisotopic (exact) mass is 327 g/mol. The van der Waals surface area contributed by atoms with Gasteiger partial charge in [0.1, 0.15) is 0 Å². The zero-order valence-corrected chi connectivity index (χ0v) is 15.2. The number of likely N-dealkylation sites (tertiary alicyclic amines) is 1. The third kappa shape index (κ3) is 4.15. The summed E-state index contributed by atoms with van der Waals surface area (Å²) in [5.74, 6) is 0.598. The predicted molar refractivity (Wildman–Crippen MR) is 97.9 cm³/mol. The van der Waals surface area contributed by atoms with Crippen molar-refractivity contribution in [2.24, 2.45) is 5.92 Å². The number of nitrogens with zero attached hydrogens (tertiary/aromatic N) is 4. The molecule has 24 heavy (non-hydrogen) atoms. The van der Waals surface area contributed by atoms with Crippen LogP contribution in [0.2, 0.25) is 0 Å². The Labute approximate surface area is 145 Å². The molecule has 1 aliphatic rings. The third-order valence-electron chi connectivity index (χ3n) is 4.72. The molecule has 0 aromatic carbocycles. The van der Waals surface area contributed by atoms with Crippen LogP contribution >= 0.6 is 0 Å². The molecule has 1 aliphatic heterocycles. The molecule has 1 saturated heterocycles. The van der Waals surface area contributed by atoms with E-state index in [1.54, 1.807) is 0 Å². The van der Waals surface area contributed by atoms with Crippen molar-refractivity contribution in [1.82, 2.24) is 19.7 Å². The maximum Gasteiger partial charge on any atom is 0.0729 e. The topological polar surface area (TPSA) is 46.0 Å². The summed E-state index contributed by atoms with van der Waals surface area (Å²) in [6.07, 6.45) is 7.08. The van der Waals surface area contributed by atoms with E-state index >= 15 is 0 Å². The van der Waals surface area contributed by atoms with Gasteiger partial charge in [0.25, 0.3) is 0 Å². The predicted octanol–water partition coefficient (Wildman–Crippen LogP) is 3.36. The number of pyridine rings is 1. The Morgan fingerprint density at radius 1 is 1.29 bits per heavy atom. The maximum absolute atomic E-state index is 4.48. The van der Waals surface area contributed by atoms with Gasteiger partial charge in [-0.25, -0.2) is 0 Å². The van der Waals surface area contributed by atoms with E-state index in [-0.39, 0.29) is 5.54 Å². The Bertz CT molecular complexity index is 643. The van der Waals surface area contributed by atoms with E-state index in [1.165, 1.54) is 0 Å². The van der Waals surface area contributed by atoms with Gasteiger partial charge in [-0.05, 0) is 45.2 Å². The fourth-order valence-electron chi connectivity index (χ4n) is 3.29. The molecule has 130 valence electrons. The third-order valence-corrected chi connectivity index (χ3v) is 4.72. The first-order valence-electron chi connectivity index (χ1n) is 8.86. The van der Waals surface area contributed by atoms with Gasteiger partial charge in [-0.1, -0.05) is 13.0 Å². The van der Waals surface area contributed by atoms with Crippen LogP contribution < -0.4 is 5.32 Å². The van der Waals surface area contributed by atoms with E-state index in [1.807, 2.05) is 23.1 Å². The fourth-order valence-corrected chi connectivity index (χ4v) is 3.29. The molecule has 0 amide bonds. The molecule has 1 N–H and O–H groups in total. The number of aromatic nitrogens is 3. The van der Waals surface area contributed by atoms with Crippen molar-refractivity contribution in [3.63, 3.8) is 0 Å². The molecule has 0 spiro atoms. The summed E-state index contributed by atoms with van der Waals surface area (Å²) in [6, 6.07) is 6.64. The molecule has 0 saturated carbocycles. The number of hydrogen-bond donors (Lipinski definition) is 1. The van der Waals surface area contributed by atoms with Crippen molar-refractivity contribution in [1.29, 1.82) is 0 Å². The molecule has 2 aromatic rings. The number of piperidine rings is 1. The lowest BCUT2D eigenvalue weighted by molar-refractivity contribution is 0.163. The highest BCUT2D eigenvalue weighted by molar-refractivity contribution is 5.40. The van der Waals surface area contributed by atoms with Crippen LogP contribution in [0.3, 0.4) is 0 Å². The lowest BCUT2D eigenvalue weighted by atomic mass is 9.93. The van der Waals surface area contributed by atoms with E-state index in [0.717, 1.165) is 37.4 Å². The normalized spacial score (nSPS) is 22.5. The minimum absolute atomic E-state index is 0.0254. The van der Waals surface area contributed by atoms with Crippen molar-refractivity contribution < 1.29 is 0 Å². The van der Waals surface area contributed by atoms with Crippen LogP contribution in [-0.2, 0) is 12.1 Å². The second-order valence-corrected chi connectivity index (χ2v) is 7.92.